The third-order valence-electron chi connectivity index (χ3n) is 4.69. The van der Waals surface area contributed by atoms with Crippen LogP contribution in [0.4, 0.5) is 4.39 Å². The van der Waals surface area contributed by atoms with Crippen molar-refractivity contribution in [1.29, 1.82) is 0 Å². The van der Waals surface area contributed by atoms with Gasteiger partial charge in [-0.1, -0.05) is 45.2 Å². The van der Waals surface area contributed by atoms with Gasteiger partial charge in [0.1, 0.15) is 5.82 Å². The predicted molar refractivity (Wildman–Crippen MR) is 87.9 cm³/mol. The highest BCUT2D eigenvalue weighted by Gasteiger charge is 2.23. The molecule has 0 heterocycles. The number of hydrogen-bond donors (Lipinski definition) is 1. The Morgan fingerprint density at radius 1 is 1.05 bits per heavy atom. The molecule has 0 amide bonds. The van der Waals surface area contributed by atoms with Crippen LogP contribution in [-0.2, 0) is 6.42 Å². The summed E-state index contributed by atoms with van der Waals surface area (Å²) in [7, 11) is 0. The molecule has 118 valence electrons. The zero-order valence-electron chi connectivity index (χ0n) is 13.6. The largest absolute Gasteiger partial charge is 0.316 e. The minimum absolute atomic E-state index is 0.130. The zero-order chi connectivity index (χ0) is 15.1. The molecule has 1 aliphatic carbocycles. The summed E-state index contributed by atoms with van der Waals surface area (Å²) < 4.78 is 13.0. The van der Waals surface area contributed by atoms with Crippen LogP contribution < -0.4 is 5.32 Å². The Kier molecular flexibility index (Phi) is 6.69. The first-order valence-corrected chi connectivity index (χ1v) is 8.60. The van der Waals surface area contributed by atoms with Crippen LogP contribution in [0.2, 0.25) is 0 Å². The van der Waals surface area contributed by atoms with Crippen LogP contribution in [0.25, 0.3) is 0 Å². The SMILES string of the molecule is CC(C)CNCC1CCCCCC1Cc1ccc(F)cc1. The zero-order valence-corrected chi connectivity index (χ0v) is 13.6. The fourth-order valence-corrected chi connectivity index (χ4v) is 3.48. The van der Waals surface area contributed by atoms with Crippen molar-refractivity contribution in [3.8, 4) is 0 Å². The summed E-state index contributed by atoms with van der Waals surface area (Å²) in [6.45, 7) is 6.77. The Morgan fingerprint density at radius 2 is 1.71 bits per heavy atom. The second kappa shape index (κ2) is 8.53. The molecule has 0 spiro atoms. The number of hydrogen-bond acceptors (Lipinski definition) is 1. The Labute approximate surface area is 129 Å². The van der Waals surface area contributed by atoms with Crippen LogP contribution >= 0.6 is 0 Å². The number of halogens is 1. The minimum Gasteiger partial charge on any atom is -0.316 e. The van der Waals surface area contributed by atoms with E-state index in [4.69, 9.17) is 0 Å². The van der Waals surface area contributed by atoms with Crippen molar-refractivity contribution in [2.24, 2.45) is 17.8 Å². The lowest BCUT2D eigenvalue weighted by Crippen LogP contribution is -2.31. The van der Waals surface area contributed by atoms with E-state index < -0.39 is 0 Å². The highest BCUT2D eigenvalue weighted by Crippen LogP contribution is 2.31. The lowest BCUT2D eigenvalue weighted by atomic mass is 9.83. The molecule has 2 atom stereocenters. The summed E-state index contributed by atoms with van der Waals surface area (Å²) in [5.41, 5.74) is 1.29. The Balaban J connectivity index is 1.93. The van der Waals surface area contributed by atoms with Crippen molar-refractivity contribution in [3.05, 3.63) is 35.6 Å². The van der Waals surface area contributed by atoms with Crippen molar-refractivity contribution in [2.75, 3.05) is 13.1 Å². The summed E-state index contributed by atoms with van der Waals surface area (Å²) in [6.07, 6.45) is 7.87. The highest BCUT2D eigenvalue weighted by molar-refractivity contribution is 5.16. The third kappa shape index (κ3) is 5.78. The molecule has 1 aromatic carbocycles. The van der Waals surface area contributed by atoms with Gasteiger partial charge in [-0.2, -0.15) is 0 Å². The van der Waals surface area contributed by atoms with E-state index >= 15 is 0 Å². The van der Waals surface area contributed by atoms with Crippen LogP contribution in [0.5, 0.6) is 0 Å². The maximum absolute atomic E-state index is 13.0. The predicted octanol–water partition coefficient (Wildman–Crippen LogP) is 4.81. The Hall–Kier alpha value is -0.890. The van der Waals surface area contributed by atoms with Gasteiger partial charge in [-0.25, -0.2) is 4.39 Å². The van der Waals surface area contributed by atoms with Crippen LogP contribution in [0.1, 0.15) is 51.5 Å². The molecule has 0 aromatic heterocycles. The molecule has 1 fully saturated rings. The standard InChI is InChI=1S/C19H30FN/c1-15(2)13-21-14-18-7-5-3-4-6-17(18)12-16-8-10-19(20)11-9-16/h8-11,15,17-18,21H,3-7,12-14H2,1-2H3. The Morgan fingerprint density at radius 3 is 2.38 bits per heavy atom. The van der Waals surface area contributed by atoms with Crippen molar-refractivity contribution >= 4 is 0 Å². The van der Waals surface area contributed by atoms with Crippen molar-refractivity contribution in [1.82, 2.24) is 5.32 Å². The second-order valence-electron chi connectivity index (χ2n) is 7.04. The smallest absolute Gasteiger partial charge is 0.123 e. The third-order valence-corrected chi connectivity index (χ3v) is 4.69. The number of benzene rings is 1. The topological polar surface area (TPSA) is 12.0 Å². The van der Waals surface area contributed by atoms with E-state index in [-0.39, 0.29) is 5.82 Å². The van der Waals surface area contributed by atoms with Gasteiger partial charge in [-0.3, -0.25) is 0 Å². The minimum atomic E-state index is -0.130. The van der Waals surface area contributed by atoms with E-state index in [9.17, 15) is 4.39 Å². The first kappa shape index (κ1) is 16.5. The van der Waals surface area contributed by atoms with E-state index in [2.05, 4.69) is 19.2 Å². The molecule has 1 N–H and O–H groups in total. The molecule has 2 unspecified atom stereocenters. The van der Waals surface area contributed by atoms with E-state index in [1.54, 1.807) is 12.1 Å². The van der Waals surface area contributed by atoms with E-state index in [1.807, 2.05) is 12.1 Å². The molecular weight excluding hydrogens is 261 g/mol. The lowest BCUT2D eigenvalue weighted by Gasteiger charge is -2.26. The molecule has 0 radical (unpaired) electrons. The first-order valence-electron chi connectivity index (χ1n) is 8.60. The van der Waals surface area contributed by atoms with Gasteiger partial charge in [0.15, 0.2) is 0 Å². The van der Waals surface area contributed by atoms with Gasteiger partial charge >= 0.3 is 0 Å². The van der Waals surface area contributed by atoms with Gasteiger partial charge in [0.2, 0.25) is 0 Å². The molecule has 1 aromatic rings. The molecule has 0 aliphatic heterocycles. The highest BCUT2D eigenvalue weighted by atomic mass is 19.1. The van der Waals surface area contributed by atoms with Crippen LogP contribution in [0, 0.1) is 23.6 Å². The molecular formula is C19H30FN. The maximum Gasteiger partial charge on any atom is 0.123 e. The van der Waals surface area contributed by atoms with Gasteiger partial charge in [0.05, 0.1) is 0 Å². The Bertz CT molecular complexity index is 399. The van der Waals surface area contributed by atoms with Crippen molar-refractivity contribution in [3.63, 3.8) is 0 Å². The van der Waals surface area contributed by atoms with Gasteiger partial charge < -0.3 is 5.32 Å². The molecule has 0 saturated heterocycles. The fourth-order valence-electron chi connectivity index (χ4n) is 3.48. The van der Waals surface area contributed by atoms with Crippen molar-refractivity contribution < 1.29 is 4.39 Å². The molecule has 1 nitrogen and oxygen atoms in total. The second-order valence-corrected chi connectivity index (χ2v) is 7.04. The molecule has 1 aliphatic rings. The normalized spacial score (nSPS) is 23.2. The monoisotopic (exact) mass is 291 g/mol. The molecule has 1 saturated carbocycles. The lowest BCUT2D eigenvalue weighted by molar-refractivity contribution is 0.294. The van der Waals surface area contributed by atoms with Crippen LogP contribution in [0.3, 0.4) is 0 Å². The molecule has 2 heteroatoms. The summed E-state index contributed by atoms with van der Waals surface area (Å²) in [5.74, 6) is 2.11. The van der Waals surface area contributed by atoms with Gasteiger partial charge in [0.25, 0.3) is 0 Å². The molecule has 2 rings (SSSR count). The fraction of sp³-hybridized carbons (Fsp3) is 0.684. The van der Waals surface area contributed by atoms with Gasteiger partial charge in [-0.05, 0) is 67.8 Å². The number of rotatable bonds is 6. The summed E-state index contributed by atoms with van der Waals surface area (Å²) >= 11 is 0. The number of nitrogens with one attached hydrogen (secondary N) is 1. The molecule has 21 heavy (non-hydrogen) atoms. The average molecular weight is 291 g/mol. The van der Waals surface area contributed by atoms with E-state index in [1.165, 1.54) is 37.7 Å². The van der Waals surface area contributed by atoms with Gasteiger partial charge in [0, 0.05) is 0 Å². The van der Waals surface area contributed by atoms with Crippen LogP contribution in [0.15, 0.2) is 24.3 Å². The quantitative estimate of drug-likeness (QED) is 0.742. The first-order chi connectivity index (χ1) is 10.1. The summed E-state index contributed by atoms with van der Waals surface area (Å²) in [6, 6.07) is 7.10. The van der Waals surface area contributed by atoms with Crippen molar-refractivity contribution in [2.45, 2.75) is 52.4 Å². The van der Waals surface area contributed by atoms with E-state index in [0.29, 0.717) is 5.92 Å². The van der Waals surface area contributed by atoms with Gasteiger partial charge in [-0.15, -0.1) is 0 Å². The summed E-state index contributed by atoms with van der Waals surface area (Å²) in [5, 5.41) is 3.65. The molecule has 0 bridgehead atoms. The summed E-state index contributed by atoms with van der Waals surface area (Å²) in [4.78, 5) is 0. The van der Waals surface area contributed by atoms with Crippen LogP contribution in [-0.4, -0.2) is 13.1 Å². The van der Waals surface area contributed by atoms with E-state index in [0.717, 1.165) is 31.3 Å². The average Bonchev–Trinajstić information content (AvgIpc) is 2.67. The maximum atomic E-state index is 13.0.